The molecule has 0 aliphatic carbocycles. The van der Waals surface area contributed by atoms with Crippen LogP contribution < -0.4 is 0 Å². The SMILES string of the molecule is Cc1ccc2c(c1)c(-c1cccc([N+](=O)[O-])c1)nc1cccnc12. The van der Waals surface area contributed by atoms with Crippen molar-refractivity contribution in [3.63, 3.8) is 0 Å². The Hall–Kier alpha value is -3.34. The minimum Gasteiger partial charge on any atom is -0.258 e. The van der Waals surface area contributed by atoms with Gasteiger partial charge >= 0.3 is 0 Å². The molecule has 0 unspecified atom stereocenters. The quantitative estimate of drug-likeness (QED) is 0.306. The molecule has 4 rings (SSSR count). The van der Waals surface area contributed by atoms with Crippen molar-refractivity contribution in [2.75, 3.05) is 0 Å². The Morgan fingerprint density at radius 3 is 2.71 bits per heavy atom. The number of aryl methyl sites for hydroxylation is 1. The van der Waals surface area contributed by atoms with E-state index in [-0.39, 0.29) is 10.6 Å². The zero-order valence-corrected chi connectivity index (χ0v) is 12.9. The van der Waals surface area contributed by atoms with E-state index < -0.39 is 0 Å². The van der Waals surface area contributed by atoms with E-state index in [2.05, 4.69) is 4.98 Å². The van der Waals surface area contributed by atoms with Crippen LogP contribution in [0.15, 0.2) is 60.8 Å². The third-order valence-corrected chi connectivity index (χ3v) is 4.03. The molecule has 5 nitrogen and oxygen atoms in total. The standard InChI is InChI=1S/C19H13N3O2/c1-12-7-8-15-16(10-12)18(21-17-6-3-9-20-19(15)17)13-4-2-5-14(11-13)22(23)24/h2-11H,1H3. The van der Waals surface area contributed by atoms with Gasteiger partial charge in [-0.05, 0) is 25.1 Å². The van der Waals surface area contributed by atoms with Gasteiger partial charge in [-0.3, -0.25) is 15.1 Å². The van der Waals surface area contributed by atoms with Gasteiger partial charge in [-0.15, -0.1) is 0 Å². The molecule has 0 aliphatic rings. The summed E-state index contributed by atoms with van der Waals surface area (Å²) in [5.74, 6) is 0. The maximum absolute atomic E-state index is 11.1. The van der Waals surface area contributed by atoms with Crippen LogP contribution in [0, 0.1) is 17.0 Å². The fourth-order valence-electron chi connectivity index (χ4n) is 2.92. The molecular formula is C19H13N3O2. The summed E-state index contributed by atoms with van der Waals surface area (Å²) in [5.41, 5.74) is 4.23. The van der Waals surface area contributed by atoms with Crippen LogP contribution in [0.4, 0.5) is 5.69 Å². The maximum atomic E-state index is 11.1. The molecule has 0 radical (unpaired) electrons. The second-order valence-corrected chi connectivity index (χ2v) is 5.69. The summed E-state index contributed by atoms with van der Waals surface area (Å²) < 4.78 is 0. The summed E-state index contributed by atoms with van der Waals surface area (Å²) in [6.45, 7) is 2.01. The first kappa shape index (κ1) is 14.3. The number of rotatable bonds is 2. The van der Waals surface area contributed by atoms with Crippen LogP contribution in [0.1, 0.15) is 5.56 Å². The number of nitro benzene ring substituents is 1. The van der Waals surface area contributed by atoms with Gasteiger partial charge in [-0.1, -0.05) is 29.8 Å². The van der Waals surface area contributed by atoms with Gasteiger partial charge in [0.1, 0.15) is 0 Å². The number of pyridine rings is 2. The molecule has 0 amide bonds. The monoisotopic (exact) mass is 315 g/mol. The van der Waals surface area contributed by atoms with Crippen LogP contribution >= 0.6 is 0 Å². The Kier molecular flexibility index (Phi) is 3.20. The lowest BCUT2D eigenvalue weighted by molar-refractivity contribution is -0.384. The molecule has 0 N–H and O–H groups in total. The second kappa shape index (κ2) is 5.38. The highest BCUT2D eigenvalue weighted by Crippen LogP contribution is 2.33. The van der Waals surface area contributed by atoms with E-state index in [4.69, 9.17) is 4.98 Å². The van der Waals surface area contributed by atoms with Gasteiger partial charge in [0.05, 0.1) is 21.7 Å². The van der Waals surface area contributed by atoms with Crippen molar-refractivity contribution in [2.45, 2.75) is 6.92 Å². The average molecular weight is 315 g/mol. The number of aromatic nitrogens is 2. The zero-order valence-electron chi connectivity index (χ0n) is 12.9. The summed E-state index contributed by atoms with van der Waals surface area (Å²) in [6.07, 6.45) is 1.75. The van der Waals surface area contributed by atoms with Crippen LogP contribution in [-0.2, 0) is 0 Å². The van der Waals surface area contributed by atoms with Gasteiger partial charge in [0.25, 0.3) is 5.69 Å². The van der Waals surface area contributed by atoms with Crippen molar-refractivity contribution in [3.8, 4) is 11.3 Å². The third kappa shape index (κ3) is 2.27. The highest BCUT2D eigenvalue weighted by molar-refractivity contribution is 6.09. The van der Waals surface area contributed by atoms with Crippen molar-refractivity contribution in [1.29, 1.82) is 0 Å². The molecule has 2 heterocycles. The maximum Gasteiger partial charge on any atom is 0.270 e. The Labute approximate surface area is 137 Å². The van der Waals surface area contributed by atoms with Gasteiger partial charge in [-0.2, -0.15) is 0 Å². The first-order chi connectivity index (χ1) is 11.6. The molecule has 2 aromatic heterocycles. The minimum absolute atomic E-state index is 0.0568. The number of non-ortho nitro benzene ring substituents is 1. The molecule has 0 saturated carbocycles. The van der Waals surface area contributed by atoms with Gasteiger partial charge in [0.2, 0.25) is 0 Å². The summed E-state index contributed by atoms with van der Waals surface area (Å²) in [7, 11) is 0. The Morgan fingerprint density at radius 2 is 1.88 bits per heavy atom. The van der Waals surface area contributed by atoms with Crippen molar-refractivity contribution >= 4 is 27.5 Å². The molecule has 24 heavy (non-hydrogen) atoms. The zero-order chi connectivity index (χ0) is 16.7. The molecule has 2 aromatic carbocycles. The molecule has 0 spiro atoms. The number of fused-ring (bicyclic) bond motifs is 3. The first-order valence-electron chi connectivity index (χ1n) is 7.53. The number of hydrogen-bond acceptors (Lipinski definition) is 4. The van der Waals surface area contributed by atoms with Gasteiger partial charge in [0.15, 0.2) is 0 Å². The molecular weight excluding hydrogens is 302 g/mol. The lowest BCUT2D eigenvalue weighted by Crippen LogP contribution is -1.93. The normalized spacial score (nSPS) is 11.0. The van der Waals surface area contributed by atoms with Gasteiger partial charge < -0.3 is 0 Å². The summed E-state index contributed by atoms with van der Waals surface area (Å²) in [4.78, 5) is 19.9. The Morgan fingerprint density at radius 1 is 1.00 bits per heavy atom. The van der Waals surface area contributed by atoms with Crippen LogP contribution in [0.5, 0.6) is 0 Å². The summed E-state index contributed by atoms with van der Waals surface area (Å²) in [5, 5.41) is 13.0. The van der Waals surface area contributed by atoms with E-state index in [1.807, 2.05) is 43.3 Å². The number of nitrogens with zero attached hydrogens (tertiary/aromatic N) is 3. The Bertz CT molecular complexity index is 1110. The summed E-state index contributed by atoms with van der Waals surface area (Å²) in [6, 6.07) is 16.4. The van der Waals surface area contributed by atoms with E-state index in [0.717, 1.165) is 38.6 Å². The molecule has 0 aliphatic heterocycles. The minimum atomic E-state index is -0.389. The Balaban J connectivity index is 2.11. The van der Waals surface area contributed by atoms with Crippen molar-refractivity contribution in [3.05, 3.63) is 76.5 Å². The highest BCUT2D eigenvalue weighted by Gasteiger charge is 2.14. The van der Waals surface area contributed by atoms with Crippen LogP contribution in [0.25, 0.3) is 33.1 Å². The topological polar surface area (TPSA) is 68.9 Å². The number of benzene rings is 2. The van der Waals surface area contributed by atoms with Crippen LogP contribution in [-0.4, -0.2) is 14.9 Å². The van der Waals surface area contributed by atoms with Crippen LogP contribution in [0.2, 0.25) is 0 Å². The molecule has 0 saturated heterocycles. The second-order valence-electron chi connectivity index (χ2n) is 5.69. The van der Waals surface area contributed by atoms with E-state index in [1.54, 1.807) is 18.3 Å². The molecule has 4 aromatic rings. The van der Waals surface area contributed by atoms with E-state index in [0.29, 0.717) is 0 Å². The van der Waals surface area contributed by atoms with Gasteiger partial charge in [0, 0.05) is 34.7 Å². The highest BCUT2D eigenvalue weighted by atomic mass is 16.6. The van der Waals surface area contributed by atoms with Crippen molar-refractivity contribution < 1.29 is 4.92 Å². The molecule has 116 valence electrons. The van der Waals surface area contributed by atoms with Crippen molar-refractivity contribution in [1.82, 2.24) is 9.97 Å². The third-order valence-electron chi connectivity index (χ3n) is 4.03. The van der Waals surface area contributed by atoms with E-state index in [9.17, 15) is 10.1 Å². The predicted molar refractivity (Wildman–Crippen MR) is 93.9 cm³/mol. The first-order valence-corrected chi connectivity index (χ1v) is 7.53. The molecule has 0 atom stereocenters. The lowest BCUT2D eigenvalue weighted by atomic mass is 10.00. The molecule has 0 bridgehead atoms. The summed E-state index contributed by atoms with van der Waals surface area (Å²) >= 11 is 0. The van der Waals surface area contributed by atoms with Crippen LogP contribution in [0.3, 0.4) is 0 Å². The lowest BCUT2D eigenvalue weighted by Gasteiger charge is -2.10. The fourth-order valence-corrected chi connectivity index (χ4v) is 2.92. The van der Waals surface area contributed by atoms with E-state index in [1.165, 1.54) is 6.07 Å². The van der Waals surface area contributed by atoms with Gasteiger partial charge in [-0.25, -0.2) is 4.98 Å². The van der Waals surface area contributed by atoms with Crippen molar-refractivity contribution in [2.24, 2.45) is 0 Å². The fraction of sp³-hybridized carbons (Fsp3) is 0.0526. The predicted octanol–water partition coefficient (Wildman–Crippen LogP) is 4.67. The van der Waals surface area contributed by atoms with E-state index >= 15 is 0 Å². The number of hydrogen-bond donors (Lipinski definition) is 0. The average Bonchev–Trinajstić information content (AvgIpc) is 2.61. The smallest absolute Gasteiger partial charge is 0.258 e. The number of nitro groups is 1. The largest absolute Gasteiger partial charge is 0.270 e. The molecule has 0 fully saturated rings. The molecule has 5 heteroatoms.